The molecule has 0 aromatic heterocycles. The molecule has 0 aliphatic heterocycles. The third-order valence-corrected chi connectivity index (χ3v) is 2.13. The van der Waals surface area contributed by atoms with E-state index in [0.29, 0.717) is 12.2 Å². The van der Waals surface area contributed by atoms with E-state index < -0.39 is 0 Å². The summed E-state index contributed by atoms with van der Waals surface area (Å²) in [5.74, 6) is 0. The summed E-state index contributed by atoms with van der Waals surface area (Å²) in [5.41, 5.74) is 1.52. The van der Waals surface area contributed by atoms with Gasteiger partial charge in [0, 0.05) is 0 Å². The second-order valence-electron chi connectivity index (χ2n) is 3.51. The van der Waals surface area contributed by atoms with Gasteiger partial charge in [-0.3, -0.25) is 0 Å². The molecular formula is C13H16N2O. The molecular weight excluding hydrogens is 200 g/mol. The molecule has 0 unspecified atom stereocenters. The van der Waals surface area contributed by atoms with Crippen LogP contribution in [0.4, 0.5) is 0 Å². The van der Waals surface area contributed by atoms with Crippen LogP contribution < -0.4 is 0 Å². The highest BCUT2D eigenvalue weighted by Gasteiger charge is 1.91. The summed E-state index contributed by atoms with van der Waals surface area (Å²) in [6, 6.07) is 9.34. The quantitative estimate of drug-likeness (QED) is 0.416. The van der Waals surface area contributed by atoms with Gasteiger partial charge in [-0.1, -0.05) is 37.1 Å². The van der Waals surface area contributed by atoms with Crippen molar-refractivity contribution in [2.45, 2.75) is 26.2 Å². The van der Waals surface area contributed by atoms with Crippen LogP contribution in [0.25, 0.3) is 0 Å². The van der Waals surface area contributed by atoms with Gasteiger partial charge in [-0.15, -0.1) is 0 Å². The standard InChI is InChI=1S/C13H16N2O/c1-2-3-4-8-16-15-11-13-7-5-6-12(9-13)10-14/h5-7,9,11H,2-4,8H2,1H3. The molecule has 3 heteroatoms. The highest BCUT2D eigenvalue weighted by Crippen LogP contribution is 2.01. The van der Waals surface area contributed by atoms with Gasteiger partial charge in [0.1, 0.15) is 6.61 Å². The molecule has 0 fully saturated rings. The van der Waals surface area contributed by atoms with Crippen molar-refractivity contribution in [3.05, 3.63) is 35.4 Å². The Labute approximate surface area is 96.3 Å². The maximum Gasteiger partial charge on any atom is 0.117 e. The van der Waals surface area contributed by atoms with Crippen LogP contribution in [0.5, 0.6) is 0 Å². The Balaban J connectivity index is 2.35. The van der Waals surface area contributed by atoms with Crippen molar-refractivity contribution in [2.75, 3.05) is 6.61 Å². The van der Waals surface area contributed by atoms with Crippen molar-refractivity contribution < 1.29 is 4.84 Å². The monoisotopic (exact) mass is 216 g/mol. The average Bonchev–Trinajstić information content (AvgIpc) is 2.34. The van der Waals surface area contributed by atoms with E-state index in [4.69, 9.17) is 10.1 Å². The SMILES string of the molecule is CCCCCON=Cc1cccc(C#N)c1. The molecule has 0 saturated heterocycles. The highest BCUT2D eigenvalue weighted by atomic mass is 16.6. The molecule has 0 aliphatic rings. The first-order valence-corrected chi connectivity index (χ1v) is 5.52. The topological polar surface area (TPSA) is 45.4 Å². The lowest BCUT2D eigenvalue weighted by Crippen LogP contribution is -1.89. The number of unbranched alkanes of at least 4 members (excludes halogenated alkanes) is 2. The molecule has 0 aliphatic carbocycles. The lowest BCUT2D eigenvalue weighted by molar-refractivity contribution is 0.141. The molecule has 1 aromatic rings. The molecule has 1 aromatic carbocycles. The van der Waals surface area contributed by atoms with E-state index in [1.54, 1.807) is 18.3 Å². The number of hydrogen-bond donors (Lipinski definition) is 0. The van der Waals surface area contributed by atoms with Crippen LogP contribution in [-0.2, 0) is 4.84 Å². The van der Waals surface area contributed by atoms with Crippen molar-refractivity contribution in [3.8, 4) is 6.07 Å². The zero-order chi connectivity index (χ0) is 11.6. The van der Waals surface area contributed by atoms with Crippen LogP contribution in [0.2, 0.25) is 0 Å². The van der Waals surface area contributed by atoms with Crippen molar-refractivity contribution in [3.63, 3.8) is 0 Å². The second kappa shape index (κ2) is 7.47. The molecule has 16 heavy (non-hydrogen) atoms. The smallest absolute Gasteiger partial charge is 0.117 e. The molecule has 84 valence electrons. The van der Waals surface area contributed by atoms with Gasteiger partial charge in [-0.05, 0) is 24.1 Å². The Hall–Kier alpha value is -1.82. The molecule has 3 nitrogen and oxygen atoms in total. The molecule has 0 bridgehead atoms. The predicted octanol–water partition coefficient (Wildman–Crippen LogP) is 3.10. The molecule has 0 heterocycles. The van der Waals surface area contributed by atoms with Gasteiger partial charge in [0.15, 0.2) is 0 Å². The second-order valence-corrected chi connectivity index (χ2v) is 3.51. The van der Waals surface area contributed by atoms with Gasteiger partial charge in [-0.2, -0.15) is 5.26 Å². The van der Waals surface area contributed by atoms with Gasteiger partial charge in [0.25, 0.3) is 0 Å². The minimum atomic E-state index is 0.634. The van der Waals surface area contributed by atoms with E-state index >= 15 is 0 Å². The molecule has 0 radical (unpaired) electrons. The Bertz CT molecular complexity index is 380. The number of benzene rings is 1. The Morgan fingerprint density at radius 1 is 1.44 bits per heavy atom. The maximum atomic E-state index is 8.70. The number of oxime groups is 1. The minimum absolute atomic E-state index is 0.634. The van der Waals surface area contributed by atoms with Crippen LogP contribution in [0, 0.1) is 11.3 Å². The normalized spacial score (nSPS) is 10.2. The van der Waals surface area contributed by atoms with E-state index in [2.05, 4.69) is 18.1 Å². The van der Waals surface area contributed by atoms with Crippen LogP contribution >= 0.6 is 0 Å². The van der Waals surface area contributed by atoms with Gasteiger partial charge in [0.2, 0.25) is 0 Å². The fraction of sp³-hybridized carbons (Fsp3) is 0.385. The van der Waals surface area contributed by atoms with E-state index in [0.717, 1.165) is 12.0 Å². The number of nitriles is 1. The maximum absolute atomic E-state index is 8.70. The zero-order valence-electron chi connectivity index (χ0n) is 9.52. The van der Waals surface area contributed by atoms with Crippen molar-refractivity contribution >= 4 is 6.21 Å². The lowest BCUT2D eigenvalue weighted by atomic mass is 10.1. The number of hydrogen-bond acceptors (Lipinski definition) is 3. The van der Waals surface area contributed by atoms with E-state index in [1.165, 1.54) is 12.8 Å². The van der Waals surface area contributed by atoms with E-state index in [1.807, 2.05) is 12.1 Å². The summed E-state index contributed by atoms with van der Waals surface area (Å²) < 4.78 is 0. The summed E-state index contributed by atoms with van der Waals surface area (Å²) in [7, 11) is 0. The molecule has 1 rings (SSSR count). The predicted molar refractivity (Wildman–Crippen MR) is 64.2 cm³/mol. The van der Waals surface area contributed by atoms with Crippen LogP contribution in [-0.4, -0.2) is 12.8 Å². The third kappa shape index (κ3) is 4.61. The van der Waals surface area contributed by atoms with Gasteiger partial charge in [-0.25, -0.2) is 0 Å². The summed E-state index contributed by atoms with van der Waals surface area (Å²) in [6.45, 7) is 2.80. The Morgan fingerprint density at radius 2 is 2.31 bits per heavy atom. The Kier molecular flexibility index (Phi) is 5.72. The van der Waals surface area contributed by atoms with Crippen molar-refractivity contribution in [1.29, 1.82) is 5.26 Å². The van der Waals surface area contributed by atoms with E-state index in [9.17, 15) is 0 Å². The fourth-order valence-corrected chi connectivity index (χ4v) is 1.26. The van der Waals surface area contributed by atoms with Crippen molar-refractivity contribution in [2.24, 2.45) is 5.16 Å². The summed E-state index contributed by atoms with van der Waals surface area (Å²) in [4.78, 5) is 5.10. The van der Waals surface area contributed by atoms with Crippen LogP contribution in [0.15, 0.2) is 29.4 Å². The zero-order valence-corrected chi connectivity index (χ0v) is 9.52. The van der Waals surface area contributed by atoms with E-state index in [-0.39, 0.29) is 0 Å². The highest BCUT2D eigenvalue weighted by molar-refractivity contribution is 5.79. The first-order chi connectivity index (χ1) is 7.86. The lowest BCUT2D eigenvalue weighted by Gasteiger charge is -1.97. The molecule has 0 atom stereocenters. The number of nitrogens with zero attached hydrogens (tertiary/aromatic N) is 2. The largest absolute Gasteiger partial charge is 0.396 e. The fourth-order valence-electron chi connectivity index (χ4n) is 1.26. The number of rotatable bonds is 6. The summed E-state index contributed by atoms with van der Waals surface area (Å²) in [6.07, 6.45) is 5.01. The average molecular weight is 216 g/mol. The summed E-state index contributed by atoms with van der Waals surface area (Å²) >= 11 is 0. The Morgan fingerprint density at radius 3 is 3.06 bits per heavy atom. The van der Waals surface area contributed by atoms with Crippen LogP contribution in [0.3, 0.4) is 0 Å². The molecule has 0 saturated carbocycles. The van der Waals surface area contributed by atoms with Gasteiger partial charge >= 0.3 is 0 Å². The minimum Gasteiger partial charge on any atom is -0.396 e. The molecule has 0 spiro atoms. The molecule has 0 amide bonds. The van der Waals surface area contributed by atoms with Gasteiger partial charge < -0.3 is 4.84 Å². The summed E-state index contributed by atoms with van der Waals surface area (Å²) in [5, 5.41) is 12.6. The van der Waals surface area contributed by atoms with Crippen molar-refractivity contribution in [1.82, 2.24) is 0 Å². The first kappa shape index (κ1) is 12.3. The first-order valence-electron chi connectivity index (χ1n) is 5.52. The van der Waals surface area contributed by atoms with Crippen LogP contribution in [0.1, 0.15) is 37.3 Å². The van der Waals surface area contributed by atoms with Gasteiger partial charge in [0.05, 0.1) is 17.8 Å². The third-order valence-electron chi connectivity index (χ3n) is 2.13. The molecule has 0 N–H and O–H groups in total.